The van der Waals surface area contributed by atoms with Crippen molar-refractivity contribution in [1.29, 1.82) is 0 Å². The molecule has 0 aliphatic rings. The van der Waals surface area contributed by atoms with Crippen LogP contribution in [0.15, 0.2) is 0 Å². The molecule has 0 aromatic rings. The molecule has 0 spiro atoms. The maximum Gasteiger partial charge on any atom is 0.305 e. The molecule has 41 heavy (non-hydrogen) atoms. The molecule has 0 unspecified atom stereocenters. The normalized spacial score (nSPS) is 10.7. The van der Waals surface area contributed by atoms with Crippen LogP contribution in [-0.2, 0) is 57.3 Å². The SMILES string of the molecule is O=C(O)CCCC(=O)OCC(COC(=O)CCCC(=O)O)(COC(=O)CCCC(=O)O)COC(=O)CCCC(=O)O. The van der Waals surface area contributed by atoms with Crippen LogP contribution < -0.4 is 0 Å². The fourth-order valence-corrected chi connectivity index (χ4v) is 3.01. The van der Waals surface area contributed by atoms with Gasteiger partial charge in [0.1, 0.15) is 31.8 Å². The first-order valence-corrected chi connectivity index (χ1v) is 12.7. The highest BCUT2D eigenvalue weighted by Gasteiger charge is 2.38. The molecule has 0 radical (unpaired) electrons. The quantitative estimate of drug-likeness (QED) is 0.0905. The summed E-state index contributed by atoms with van der Waals surface area (Å²) in [7, 11) is 0. The van der Waals surface area contributed by atoms with Crippen molar-refractivity contribution in [2.24, 2.45) is 5.41 Å². The molecule has 0 aliphatic heterocycles. The first-order valence-electron chi connectivity index (χ1n) is 12.7. The lowest BCUT2D eigenvalue weighted by molar-refractivity contribution is -0.170. The molecular weight excluding hydrogens is 556 g/mol. The van der Waals surface area contributed by atoms with E-state index < -0.39 is 79.6 Å². The number of carboxylic acids is 4. The molecule has 0 heterocycles. The van der Waals surface area contributed by atoms with E-state index in [0.29, 0.717) is 0 Å². The Morgan fingerprint density at radius 3 is 0.732 bits per heavy atom. The van der Waals surface area contributed by atoms with Gasteiger partial charge < -0.3 is 39.4 Å². The standard InChI is InChI=1S/C25H36O16/c26-17(27)5-1-9-21(34)38-13-25(14-39-22(35)10-2-6-18(28)29,15-40-23(36)11-3-7-19(30)31)16-41-24(37)12-4-8-20(32)33/h1-16H2,(H,26,27)(H,28,29)(H,30,31)(H,32,33). The Morgan fingerprint density at radius 2 is 0.561 bits per heavy atom. The molecule has 232 valence electrons. The van der Waals surface area contributed by atoms with E-state index >= 15 is 0 Å². The summed E-state index contributed by atoms with van der Waals surface area (Å²) in [6.45, 7) is -2.48. The highest BCUT2D eigenvalue weighted by Crippen LogP contribution is 2.23. The molecule has 0 aliphatic carbocycles. The fourth-order valence-electron chi connectivity index (χ4n) is 3.01. The van der Waals surface area contributed by atoms with Gasteiger partial charge in [-0.3, -0.25) is 38.4 Å². The summed E-state index contributed by atoms with van der Waals surface area (Å²) in [6, 6.07) is 0. The predicted molar refractivity (Wildman–Crippen MR) is 132 cm³/mol. The van der Waals surface area contributed by atoms with Gasteiger partial charge in [-0.2, -0.15) is 0 Å². The van der Waals surface area contributed by atoms with E-state index in [9.17, 15) is 38.4 Å². The van der Waals surface area contributed by atoms with Gasteiger partial charge in [0.25, 0.3) is 0 Å². The lowest BCUT2D eigenvalue weighted by Crippen LogP contribution is -2.44. The second-order valence-corrected chi connectivity index (χ2v) is 9.13. The maximum atomic E-state index is 12.2. The molecule has 0 amide bonds. The highest BCUT2D eigenvalue weighted by atomic mass is 16.6. The van der Waals surface area contributed by atoms with Crippen LogP contribution >= 0.6 is 0 Å². The maximum absolute atomic E-state index is 12.2. The number of rotatable bonds is 24. The minimum Gasteiger partial charge on any atom is -0.481 e. The molecule has 16 heteroatoms. The minimum atomic E-state index is -1.66. The van der Waals surface area contributed by atoms with Gasteiger partial charge >= 0.3 is 47.8 Å². The first-order chi connectivity index (χ1) is 19.2. The van der Waals surface area contributed by atoms with E-state index in [0.717, 1.165) is 0 Å². The van der Waals surface area contributed by atoms with Gasteiger partial charge in [0, 0.05) is 51.4 Å². The van der Waals surface area contributed by atoms with Crippen LogP contribution in [0.2, 0.25) is 0 Å². The van der Waals surface area contributed by atoms with E-state index in [2.05, 4.69) is 0 Å². The van der Waals surface area contributed by atoms with Gasteiger partial charge in [-0.05, 0) is 25.7 Å². The van der Waals surface area contributed by atoms with Crippen LogP contribution in [0.1, 0.15) is 77.0 Å². The van der Waals surface area contributed by atoms with E-state index in [-0.39, 0.29) is 77.0 Å². The Kier molecular flexibility index (Phi) is 18.5. The van der Waals surface area contributed by atoms with Gasteiger partial charge in [0.2, 0.25) is 0 Å². The molecular formula is C25H36O16. The van der Waals surface area contributed by atoms with Gasteiger partial charge in [-0.1, -0.05) is 0 Å². The minimum absolute atomic E-state index is 0.0448. The van der Waals surface area contributed by atoms with Crippen molar-refractivity contribution >= 4 is 47.8 Å². The van der Waals surface area contributed by atoms with E-state index in [1.807, 2.05) is 0 Å². The van der Waals surface area contributed by atoms with Crippen molar-refractivity contribution in [2.45, 2.75) is 77.0 Å². The molecule has 0 rings (SSSR count). The van der Waals surface area contributed by atoms with Gasteiger partial charge in [0.05, 0.1) is 0 Å². The van der Waals surface area contributed by atoms with Crippen LogP contribution in [0.4, 0.5) is 0 Å². The average molecular weight is 593 g/mol. The largest absolute Gasteiger partial charge is 0.481 e. The third-order valence-electron chi connectivity index (χ3n) is 5.24. The number of aliphatic carboxylic acids is 4. The third-order valence-corrected chi connectivity index (χ3v) is 5.24. The Bertz CT molecular complexity index is 775. The smallest absolute Gasteiger partial charge is 0.305 e. The third kappa shape index (κ3) is 21.3. The number of esters is 4. The summed E-state index contributed by atoms with van der Waals surface area (Å²) < 4.78 is 20.7. The summed E-state index contributed by atoms with van der Waals surface area (Å²) in [4.78, 5) is 91.5. The van der Waals surface area contributed by atoms with Crippen molar-refractivity contribution in [1.82, 2.24) is 0 Å². The molecule has 0 aromatic heterocycles. The number of carbonyl (C=O) groups excluding carboxylic acids is 4. The lowest BCUT2D eigenvalue weighted by Gasteiger charge is -2.31. The van der Waals surface area contributed by atoms with Crippen LogP contribution in [0.5, 0.6) is 0 Å². The van der Waals surface area contributed by atoms with E-state index in [1.54, 1.807) is 0 Å². The summed E-state index contributed by atoms with van der Waals surface area (Å²) >= 11 is 0. The summed E-state index contributed by atoms with van der Waals surface area (Å²) in [6.07, 6.45) is -2.58. The molecule has 4 N–H and O–H groups in total. The number of carbonyl (C=O) groups is 8. The second-order valence-electron chi connectivity index (χ2n) is 9.13. The first kappa shape index (κ1) is 36.8. The summed E-state index contributed by atoms with van der Waals surface area (Å²) in [5.74, 6) is -7.91. The zero-order valence-corrected chi connectivity index (χ0v) is 22.5. The Labute approximate surface area is 234 Å². The van der Waals surface area contributed by atoms with Crippen molar-refractivity contribution in [2.75, 3.05) is 26.4 Å². The molecule has 0 bridgehead atoms. The van der Waals surface area contributed by atoms with Crippen LogP contribution in [0.3, 0.4) is 0 Å². The second kappa shape index (κ2) is 20.6. The zero-order valence-electron chi connectivity index (χ0n) is 22.5. The van der Waals surface area contributed by atoms with Crippen LogP contribution in [0, 0.1) is 5.41 Å². The van der Waals surface area contributed by atoms with Crippen molar-refractivity contribution in [3.05, 3.63) is 0 Å². The number of ether oxygens (including phenoxy) is 4. The van der Waals surface area contributed by atoms with E-state index in [1.165, 1.54) is 0 Å². The van der Waals surface area contributed by atoms with Gasteiger partial charge in [0.15, 0.2) is 0 Å². The molecule has 0 aromatic carbocycles. The molecule has 16 nitrogen and oxygen atoms in total. The Balaban J connectivity index is 5.63. The number of hydrogen-bond acceptors (Lipinski definition) is 12. The number of hydrogen-bond donors (Lipinski definition) is 4. The fraction of sp³-hybridized carbons (Fsp3) is 0.680. The van der Waals surface area contributed by atoms with Crippen LogP contribution in [-0.4, -0.2) is 94.6 Å². The van der Waals surface area contributed by atoms with Crippen molar-refractivity contribution in [3.63, 3.8) is 0 Å². The Hall–Kier alpha value is -4.24. The average Bonchev–Trinajstić information content (AvgIpc) is 2.87. The van der Waals surface area contributed by atoms with Gasteiger partial charge in [-0.25, -0.2) is 0 Å². The highest BCUT2D eigenvalue weighted by molar-refractivity contribution is 5.73. The van der Waals surface area contributed by atoms with Crippen LogP contribution in [0.25, 0.3) is 0 Å². The molecule has 0 saturated carbocycles. The monoisotopic (exact) mass is 592 g/mol. The molecule has 0 fully saturated rings. The number of carboxylic acid groups (broad SMARTS) is 4. The van der Waals surface area contributed by atoms with Crippen molar-refractivity contribution in [3.8, 4) is 0 Å². The summed E-state index contributed by atoms with van der Waals surface area (Å²) in [5.41, 5.74) is -1.66. The predicted octanol–water partition coefficient (Wildman–Crippen LogP) is 1.17. The summed E-state index contributed by atoms with van der Waals surface area (Å²) in [5, 5.41) is 34.9. The topological polar surface area (TPSA) is 254 Å². The van der Waals surface area contributed by atoms with Gasteiger partial charge in [-0.15, -0.1) is 0 Å². The van der Waals surface area contributed by atoms with Crippen molar-refractivity contribution < 1.29 is 77.7 Å². The molecule has 0 atom stereocenters. The zero-order chi connectivity index (χ0) is 31.3. The lowest BCUT2D eigenvalue weighted by atomic mass is 9.92. The van der Waals surface area contributed by atoms with E-state index in [4.69, 9.17) is 39.4 Å². The Morgan fingerprint density at radius 1 is 0.366 bits per heavy atom. The molecule has 0 saturated heterocycles.